The zero-order valence-corrected chi connectivity index (χ0v) is 15.6. The van der Waals surface area contributed by atoms with Crippen LogP contribution in [0.1, 0.15) is 54.4 Å². The van der Waals surface area contributed by atoms with Crippen molar-refractivity contribution in [3.8, 4) is 22.9 Å². The SMILES string of the molecule is CCC(C)(C)Oc1ccnc(-c2cc(OC(C)(C)CC)ccn2)c1. The molecule has 0 bridgehead atoms. The number of nitrogens with zero attached hydrogens (tertiary/aromatic N) is 2. The van der Waals surface area contributed by atoms with Crippen LogP contribution >= 0.6 is 0 Å². The second kappa shape index (κ2) is 7.20. The fourth-order valence-electron chi connectivity index (χ4n) is 2.01. The molecule has 0 amide bonds. The van der Waals surface area contributed by atoms with E-state index in [0.717, 1.165) is 35.7 Å². The highest BCUT2D eigenvalue weighted by Crippen LogP contribution is 2.27. The van der Waals surface area contributed by atoms with Crippen LogP contribution in [-0.4, -0.2) is 21.2 Å². The minimum Gasteiger partial charge on any atom is -0.488 e. The van der Waals surface area contributed by atoms with Crippen molar-refractivity contribution in [3.05, 3.63) is 36.7 Å². The molecule has 0 aliphatic carbocycles. The molecule has 2 aromatic rings. The van der Waals surface area contributed by atoms with Crippen molar-refractivity contribution >= 4 is 0 Å². The van der Waals surface area contributed by atoms with Crippen LogP contribution < -0.4 is 9.47 Å². The Balaban J connectivity index is 2.26. The third-order valence-electron chi connectivity index (χ3n) is 4.22. The molecule has 2 rings (SSSR count). The summed E-state index contributed by atoms with van der Waals surface area (Å²) in [6.45, 7) is 12.5. The van der Waals surface area contributed by atoms with Gasteiger partial charge in [-0.05, 0) is 52.7 Å². The van der Waals surface area contributed by atoms with E-state index in [1.165, 1.54) is 0 Å². The van der Waals surface area contributed by atoms with Crippen LogP contribution in [0.2, 0.25) is 0 Å². The summed E-state index contributed by atoms with van der Waals surface area (Å²) in [5.74, 6) is 1.60. The molecule has 0 aliphatic rings. The molecule has 0 atom stereocenters. The molecule has 2 heterocycles. The number of hydrogen-bond acceptors (Lipinski definition) is 4. The minimum absolute atomic E-state index is 0.206. The zero-order chi connectivity index (χ0) is 17.8. The van der Waals surface area contributed by atoms with Gasteiger partial charge in [-0.25, -0.2) is 0 Å². The van der Waals surface area contributed by atoms with Gasteiger partial charge >= 0.3 is 0 Å². The van der Waals surface area contributed by atoms with Crippen molar-refractivity contribution < 1.29 is 9.47 Å². The van der Waals surface area contributed by atoms with E-state index in [-0.39, 0.29) is 11.2 Å². The largest absolute Gasteiger partial charge is 0.488 e. The topological polar surface area (TPSA) is 44.2 Å². The van der Waals surface area contributed by atoms with Gasteiger partial charge in [0.1, 0.15) is 22.7 Å². The lowest BCUT2D eigenvalue weighted by Crippen LogP contribution is -2.27. The van der Waals surface area contributed by atoms with E-state index in [1.54, 1.807) is 12.4 Å². The Bertz CT molecular complexity index is 621. The van der Waals surface area contributed by atoms with E-state index in [1.807, 2.05) is 24.3 Å². The first-order valence-corrected chi connectivity index (χ1v) is 8.55. The molecule has 0 fully saturated rings. The van der Waals surface area contributed by atoms with Crippen LogP contribution in [0.15, 0.2) is 36.7 Å². The average molecular weight is 328 g/mol. The lowest BCUT2D eigenvalue weighted by atomic mass is 10.1. The Kier molecular flexibility index (Phi) is 5.47. The third kappa shape index (κ3) is 4.95. The Labute approximate surface area is 145 Å². The maximum absolute atomic E-state index is 6.04. The maximum atomic E-state index is 6.04. The summed E-state index contributed by atoms with van der Waals surface area (Å²) in [5.41, 5.74) is 1.14. The van der Waals surface area contributed by atoms with E-state index >= 15 is 0 Å². The van der Waals surface area contributed by atoms with Gasteiger partial charge in [0.15, 0.2) is 0 Å². The van der Waals surface area contributed by atoms with Gasteiger partial charge in [-0.3, -0.25) is 9.97 Å². The molecule has 0 saturated heterocycles. The molecule has 0 spiro atoms. The zero-order valence-electron chi connectivity index (χ0n) is 15.6. The number of rotatable bonds is 7. The van der Waals surface area contributed by atoms with Crippen molar-refractivity contribution in [3.63, 3.8) is 0 Å². The van der Waals surface area contributed by atoms with Crippen molar-refractivity contribution in [1.29, 1.82) is 0 Å². The average Bonchev–Trinajstić information content (AvgIpc) is 2.54. The maximum Gasteiger partial charge on any atom is 0.123 e. The van der Waals surface area contributed by atoms with Gasteiger partial charge in [0.25, 0.3) is 0 Å². The lowest BCUT2D eigenvalue weighted by molar-refractivity contribution is 0.104. The van der Waals surface area contributed by atoms with E-state index in [4.69, 9.17) is 9.47 Å². The Morgan fingerprint density at radius 3 is 1.46 bits per heavy atom. The fraction of sp³-hybridized carbons (Fsp3) is 0.500. The van der Waals surface area contributed by atoms with Gasteiger partial charge in [-0.15, -0.1) is 0 Å². The Hall–Kier alpha value is -2.10. The van der Waals surface area contributed by atoms with Crippen molar-refractivity contribution in [2.45, 2.75) is 65.6 Å². The molecule has 0 radical (unpaired) electrons. The van der Waals surface area contributed by atoms with Gasteiger partial charge < -0.3 is 9.47 Å². The van der Waals surface area contributed by atoms with Gasteiger partial charge in [0, 0.05) is 24.5 Å². The van der Waals surface area contributed by atoms with Crippen LogP contribution in [0, 0.1) is 0 Å². The van der Waals surface area contributed by atoms with Crippen LogP contribution in [0.25, 0.3) is 11.4 Å². The fourth-order valence-corrected chi connectivity index (χ4v) is 2.01. The first kappa shape index (κ1) is 18.2. The summed E-state index contributed by atoms with van der Waals surface area (Å²) in [6, 6.07) is 7.60. The van der Waals surface area contributed by atoms with E-state index in [0.29, 0.717) is 0 Å². The molecule has 130 valence electrons. The normalized spacial score (nSPS) is 12.1. The summed E-state index contributed by atoms with van der Waals surface area (Å²) >= 11 is 0. The molecular weight excluding hydrogens is 300 g/mol. The summed E-state index contributed by atoms with van der Waals surface area (Å²) in [7, 11) is 0. The van der Waals surface area contributed by atoms with E-state index in [2.05, 4.69) is 51.5 Å². The second-order valence-corrected chi connectivity index (χ2v) is 7.18. The molecule has 0 aromatic carbocycles. The number of ether oxygens (including phenoxy) is 2. The Morgan fingerprint density at radius 2 is 1.12 bits per heavy atom. The van der Waals surface area contributed by atoms with Crippen LogP contribution in [-0.2, 0) is 0 Å². The Morgan fingerprint density at radius 1 is 0.750 bits per heavy atom. The van der Waals surface area contributed by atoms with Crippen LogP contribution in [0.5, 0.6) is 11.5 Å². The number of hydrogen-bond donors (Lipinski definition) is 0. The predicted octanol–water partition coefficient (Wildman–Crippen LogP) is 5.28. The van der Waals surface area contributed by atoms with Gasteiger partial charge in [0.05, 0.1) is 11.4 Å². The lowest BCUT2D eigenvalue weighted by Gasteiger charge is -2.25. The smallest absolute Gasteiger partial charge is 0.123 e. The molecule has 4 nitrogen and oxygen atoms in total. The van der Waals surface area contributed by atoms with Gasteiger partial charge in [0.2, 0.25) is 0 Å². The standard InChI is InChI=1S/C20H28N2O2/c1-7-19(3,4)23-15-9-11-21-17(13-15)18-14-16(10-12-22-18)24-20(5,6)8-2/h9-14H,7-8H2,1-6H3. The van der Waals surface area contributed by atoms with Crippen molar-refractivity contribution in [2.75, 3.05) is 0 Å². The monoisotopic (exact) mass is 328 g/mol. The number of pyridine rings is 2. The third-order valence-corrected chi connectivity index (χ3v) is 4.22. The molecule has 0 unspecified atom stereocenters. The summed E-state index contributed by atoms with van der Waals surface area (Å²) in [5, 5.41) is 0. The van der Waals surface area contributed by atoms with Crippen molar-refractivity contribution in [2.24, 2.45) is 0 Å². The molecule has 0 N–H and O–H groups in total. The quantitative estimate of drug-likeness (QED) is 0.693. The van der Waals surface area contributed by atoms with Gasteiger partial charge in [-0.2, -0.15) is 0 Å². The summed E-state index contributed by atoms with van der Waals surface area (Å²) in [6.07, 6.45) is 5.36. The van der Waals surface area contributed by atoms with Gasteiger partial charge in [-0.1, -0.05) is 13.8 Å². The highest BCUT2D eigenvalue weighted by atomic mass is 16.5. The van der Waals surface area contributed by atoms with E-state index in [9.17, 15) is 0 Å². The van der Waals surface area contributed by atoms with E-state index < -0.39 is 0 Å². The molecule has 2 aromatic heterocycles. The number of aromatic nitrogens is 2. The molecule has 4 heteroatoms. The first-order valence-electron chi connectivity index (χ1n) is 8.55. The molecule has 0 saturated carbocycles. The highest BCUT2D eigenvalue weighted by Gasteiger charge is 2.19. The predicted molar refractivity (Wildman–Crippen MR) is 97.5 cm³/mol. The molecular formula is C20H28N2O2. The van der Waals surface area contributed by atoms with Crippen molar-refractivity contribution in [1.82, 2.24) is 9.97 Å². The summed E-state index contributed by atoms with van der Waals surface area (Å²) < 4.78 is 12.1. The first-order chi connectivity index (χ1) is 11.2. The highest BCUT2D eigenvalue weighted by molar-refractivity contribution is 5.57. The minimum atomic E-state index is -0.206. The second-order valence-electron chi connectivity index (χ2n) is 7.18. The van der Waals surface area contributed by atoms with Crippen LogP contribution in [0.4, 0.5) is 0 Å². The molecule has 0 aliphatic heterocycles. The van der Waals surface area contributed by atoms with Crippen LogP contribution in [0.3, 0.4) is 0 Å². The summed E-state index contributed by atoms with van der Waals surface area (Å²) in [4.78, 5) is 8.85. The molecule has 24 heavy (non-hydrogen) atoms.